The maximum absolute atomic E-state index is 12.0. The summed E-state index contributed by atoms with van der Waals surface area (Å²) in [6.45, 7) is 3.83. The van der Waals surface area contributed by atoms with Crippen LogP contribution in [-0.4, -0.2) is 11.7 Å². The molecule has 0 saturated heterocycles. The highest BCUT2D eigenvalue weighted by Gasteiger charge is 2.14. The molecule has 1 heterocycles. The monoisotopic (exact) mass is 317 g/mol. The van der Waals surface area contributed by atoms with Gasteiger partial charge in [-0.2, -0.15) is 5.26 Å². The molecule has 0 aliphatic rings. The Morgan fingerprint density at radius 2 is 2.24 bits per heavy atom. The van der Waals surface area contributed by atoms with E-state index in [-0.39, 0.29) is 11.7 Å². The summed E-state index contributed by atoms with van der Waals surface area (Å²) in [5, 5.41) is 12.6. The van der Waals surface area contributed by atoms with Crippen molar-refractivity contribution in [2.75, 3.05) is 16.8 Å². The second kappa shape index (κ2) is 6.66. The maximum Gasteiger partial charge on any atom is 0.235 e. The number of rotatable bonds is 4. The lowest BCUT2D eigenvalue weighted by Crippen LogP contribution is -2.13. The number of hydrogen-bond donors (Lipinski definition) is 2. The molecule has 0 radical (unpaired) electrons. The molecule has 0 saturated carbocycles. The van der Waals surface area contributed by atoms with Crippen molar-refractivity contribution in [1.29, 1.82) is 5.26 Å². The molecule has 4 nitrogen and oxygen atoms in total. The zero-order valence-corrected chi connectivity index (χ0v) is 13.4. The quantitative estimate of drug-likeness (QED) is 0.667. The van der Waals surface area contributed by atoms with Gasteiger partial charge in [0.2, 0.25) is 5.91 Å². The van der Waals surface area contributed by atoms with E-state index in [1.54, 1.807) is 6.07 Å². The van der Waals surface area contributed by atoms with E-state index in [0.29, 0.717) is 16.3 Å². The average Bonchev–Trinajstić information content (AvgIpc) is 2.71. The van der Waals surface area contributed by atoms with Crippen LogP contribution in [0.15, 0.2) is 29.2 Å². The molecule has 0 aliphatic heterocycles. The van der Waals surface area contributed by atoms with Crippen molar-refractivity contribution in [3.05, 3.63) is 40.3 Å². The molecule has 1 aromatic heterocycles. The van der Waals surface area contributed by atoms with Crippen molar-refractivity contribution in [1.82, 2.24) is 0 Å². The number of nitrogens with one attached hydrogen (secondary N) is 1. The summed E-state index contributed by atoms with van der Waals surface area (Å²) < 4.78 is 0. The van der Waals surface area contributed by atoms with Gasteiger partial charge in [-0.3, -0.25) is 4.79 Å². The molecule has 6 heteroatoms. The minimum Gasteiger partial charge on any atom is -0.399 e. The second-order valence-corrected chi connectivity index (χ2v) is 6.78. The van der Waals surface area contributed by atoms with Gasteiger partial charge in [-0.25, -0.2) is 0 Å². The first-order valence-corrected chi connectivity index (χ1v) is 8.09. The standard InChI is InChI=1S/C15H15N3OS2/c1-9-10(2)21-15(13(9)7-16)18-14(19)8-20-12-5-3-4-11(17)6-12/h3-6H,8,17H2,1-2H3,(H,18,19). The lowest BCUT2D eigenvalue weighted by atomic mass is 10.2. The predicted molar refractivity (Wildman–Crippen MR) is 88.7 cm³/mol. The van der Waals surface area contributed by atoms with Gasteiger partial charge in [-0.1, -0.05) is 6.07 Å². The summed E-state index contributed by atoms with van der Waals surface area (Å²) in [7, 11) is 0. The molecule has 0 aliphatic carbocycles. The lowest BCUT2D eigenvalue weighted by molar-refractivity contribution is -0.113. The number of nitrogens with two attached hydrogens (primary N) is 1. The largest absolute Gasteiger partial charge is 0.399 e. The molecular formula is C15H15N3OS2. The van der Waals surface area contributed by atoms with Crippen LogP contribution >= 0.6 is 23.1 Å². The van der Waals surface area contributed by atoms with E-state index < -0.39 is 0 Å². The fourth-order valence-corrected chi connectivity index (χ4v) is 3.56. The van der Waals surface area contributed by atoms with E-state index >= 15 is 0 Å². The Labute approximate surface area is 132 Å². The second-order valence-electron chi connectivity index (χ2n) is 4.51. The van der Waals surface area contributed by atoms with Gasteiger partial charge in [0, 0.05) is 15.5 Å². The molecule has 108 valence electrons. The summed E-state index contributed by atoms with van der Waals surface area (Å²) in [5.74, 6) is 0.157. The number of carbonyl (C=O) groups excluding carboxylic acids is 1. The number of amides is 1. The number of nitrogens with zero attached hydrogens (tertiary/aromatic N) is 1. The molecule has 2 rings (SSSR count). The maximum atomic E-state index is 12.0. The third kappa shape index (κ3) is 3.78. The van der Waals surface area contributed by atoms with Gasteiger partial charge in [0.25, 0.3) is 0 Å². The molecule has 0 unspecified atom stereocenters. The van der Waals surface area contributed by atoms with Crippen LogP contribution in [0.25, 0.3) is 0 Å². The highest BCUT2D eigenvalue weighted by atomic mass is 32.2. The number of thioether (sulfide) groups is 1. The Morgan fingerprint density at radius 1 is 1.48 bits per heavy atom. The van der Waals surface area contributed by atoms with Crippen LogP contribution in [-0.2, 0) is 4.79 Å². The molecule has 0 bridgehead atoms. The van der Waals surface area contributed by atoms with Crippen LogP contribution in [0.5, 0.6) is 0 Å². The van der Waals surface area contributed by atoms with Gasteiger partial charge < -0.3 is 11.1 Å². The SMILES string of the molecule is Cc1sc(NC(=O)CSc2cccc(N)c2)c(C#N)c1C. The number of carbonyl (C=O) groups is 1. The summed E-state index contributed by atoms with van der Waals surface area (Å²) >= 11 is 2.85. The minimum atomic E-state index is -0.125. The molecule has 3 N–H and O–H groups in total. The molecule has 0 atom stereocenters. The number of nitriles is 1. The van der Waals surface area contributed by atoms with Crippen molar-refractivity contribution in [2.45, 2.75) is 18.7 Å². The van der Waals surface area contributed by atoms with Gasteiger partial charge in [0.1, 0.15) is 11.1 Å². The van der Waals surface area contributed by atoms with Gasteiger partial charge in [-0.05, 0) is 37.6 Å². The first-order chi connectivity index (χ1) is 10.0. The summed E-state index contributed by atoms with van der Waals surface area (Å²) in [6.07, 6.45) is 0. The Morgan fingerprint density at radius 3 is 2.90 bits per heavy atom. The topological polar surface area (TPSA) is 78.9 Å². The summed E-state index contributed by atoms with van der Waals surface area (Å²) in [5.41, 5.74) is 7.86. The highest BCUT2D eigenvalue weighted by molar-refractivity contribution is 8.00. The average molecular weight is 317 g/mol. The molecule has 21 heavy (non-hydrogen) atoms. The van der Waals surface area contributed by atoms with Crippen molar-refractivity contribution >= 4 is 39.7 Å². The van der Waals surface area contributed by atoms with Gasteiger partial charge in [0.15, 0.2) is 0 Å². The fourth-order valence-electron chi connectivity index (χ4n) is 1.77. The molecular weight excluding hydrogens is 302 g/mol. The van der Waals surface area contributed by atoms with E-state index in [2.05, 4.69) is 11.4 Å². The van der Waals surface area contributed by atoms with Crippen LogP contribution in [0, 0.1) is 25.2 Å². The molecule has 2 aromatic rings. The number of hydrogen-bond acceptors (Lipinski definition) is 5. The van der Waals surface area contributed by atoms with E-state index in [1.165, 1.54) is 23.1 Å². The number of aryl methyl sites for hydroxylation is 1. The predicted octanol–water partition coefficient (Wildman–Crippen LogP) is 3.55. The van der Waals surface area contributed by atoms with E-state index in [9.17, 15) is 4.79 Å². The highest BCUT2D eigenvalue weighted by Crippen LogP contribution is 2.32. The Kier molecular flexibility index (Phi) is 4.89. The lowest BCUT2D eigenvalue weighted by Gasteiger charge is -2.04. The van der Waals surface area contributed by atoms with Crippen molar-refractivity contribution in [2.24, 2.45) is 0 Å². The number of anilines is 2. The molecule has 1 aromatic carbocycles. The van der Waals surface area contributed by atoms with Crippen LogP contribution in [0.1, 0.15) is 16.0 Å². The van der Waals surface area contributed by atoms with Crippen LogP contribution in [0.2, 0.25) is 0 Å². The summed E-state index contributed by atoms with van der Waals surface area (Å²) in [4.78, 5) is 14.0. The van der Waals surface area contributed by atoms with Crippen molar-refractivity contribution in [3.8, 4) is 6.07 Å². The number of benzene rings is 1. The Balaban J connectivity index is 2.00. The third-order valence-electron chi connectivity index (χ3n) is 2.98. The van der Waals surface area contributed by atoms with Gasteiger partial charge >= 0.3 is 0 Å². The number of thiophene rings is 1. The van der Waals surface area contributed by atoms with E-state index in [4.69, 9.17) is 11.0 Å². The first-order valence-electron chi connectivity index (χ1n) is 6.29. The number of nitrogen functional groups attached to an aromatic ring is 1. The fraction of sp³-hybridized carbons (Fsp3) is 0.200. The third-order valence-corrected chi connectivity index (χ3v) is 5.09. The Hall–Kier alpha value is -1.97. The van der Waals surface area contributed by atoms with Gasteiger partial charge in [-0.15, -0.1) is 23.1 Å². The van der Waals surface area contributed by atoms with Crippen LogP contribution in [0.4, 0.5) is 10.7 Å². The molecule has 0 fully saturated rings. The van der Waals surface area contributed by atoms with E-state index in [0.717, 1.165) is 15.3 Å². The smallest absolute Gasteiger partial charge is 0.235 e. The summed E-state index contributed by atoms with van der Waals surface area (Å²) in [6, 6.07) is 9.55. The van der Waals surface area contributed by atoms with Crippen LogP contribution < -0.4 is 11.1 Å². The normalized spacial score (nSPS) is 10.1. The van der Waals surface area contributed by atoms with Crippen molar-refractivity contribution < 1.29 is 4.79 Å². The van der Waals surface area contributed by atoms with Crippen LogP contribution in [0.3, 0.4) is 0 Å². The molecule has 1 amide bonds. The van der Waals surface area contributed by atoms with Crippen molar-refractivity contribution in [3.63, 3.8) is 0 Å². The molecule has 0 spiro atoms. The zero-order valence-electron chi connectivity index (χ0n) is 11.8. The first kappa shape index (κ1) is 15.4. The Bertz CT molecular complexity index is 716. The zero-order chi connectivity index (χ0) is 15.4. The van der Waals surface area contributed by atoms with Gasteiger partial charge in [0.05, 0.1) is 11.3 Å². The van der Waals surface area contributed by atoms with E-state index in [1.807, 2.05) is 32.0 Å². The minimum absolute atomic E-state index is 0.125.